The normalized spacial score (nSPS) is 22.1. The number of aromatic nitrogens is 2. The average molecular weight is 280 g/mol. The topological polar surface area (TPSA) is 98.3 Å². The number of carboxylic acids is 1. The predicted octanol–water partition coefficient (Wildman–Crippen LogP) is 0.703. The van der Waals surface area contributed by atoms with Crippen molar-refractivity contribution in [1.29, 1.82) is 0 Å². The molecule has 1 saturated carbocycles. The number of rotatable bonds is 6. The molecule has 20 heavy (non-hydrogen) atoms. The molecule has 0 bridgehead atoms. The highest BCUT2D eigenvalue weighted by Gasteiger charge is 2.34. The Bertz CT molecular complexity index is 474. The lowest BCUT2D eigenvalue weighted by molar-refractivity contribution is -0.139. The number of urea groups is 1. The van der Waals surface area contributed by atoms with Crippen LogP contribution in [0.15, 0.2) is 12.5 Å². The summed E-state index contributed by atoms with van der Waals surface area (Å²) in [5, 5.41) is 11.7. The third-order valence-electron chi connectivity index (χ3n) is 3.71. The van der Waals surface area contributed by atoms with E-state index in [2.05, 4.69) is 22.2 Å². The van der Waals surface area contributed by atoms with Gasteiger partial charge in [0.05, 0.1) is 6.33 Å². The highest BCUT2D eigenvalue weighted by Crippen LogP contribution is 2.37. The predicted molar refractivity (Wildman–Crippen MR) is 72.1 cm³/mol. The van der Waals surface area contributed by atoms with Gasteiger partial charge in [0.2, 0.25) is 0 Å². The van der Waals surface area contributed by atoms with E-state index in [0.717, 1.165) is 6.42 Å². The van der Waals surface area contributed by atoms with Gasteiger partial charge in [0.15, 0.2) is 0 Å². The first-order valence-corrected chi connectivity index (χ1v) is 6.69. The molecule has 3 unspecified atom stereocenters. The van der Waals surface area contributed by atoms with Crippen LogP contribution < -0.4 is 5.32 Å². The number of aromatic amines is 1. The van der Waals surface area contributed by atoms with E-state index in [1.54, 1.807) is 18.1 Å². The number of H-pyrrole nitrogens is 1. The van der Waals surface area contributed by atoms with Crippen molar-refractivity contribution < 1.29 is 14.7 Å². The van der Waals surface area contributed by atoms with Crippen molar-refractivity contribution >= 4 is 12.0 Å². The minimum Gasteiger partial charge on any atom is -0.480 e. The number of carbonyl (C=O) groups excluding carboxylic acids is 1. The van der Waals surface area contributed by atoms with E-state index < -0.39 is 12.0 Å². The molecule has 7 nitrogen and oxygen atoms in total. The molecule has 3 N–H and O–H groups in total. The molecule has 0 radical (unpaired) electrons. The Labute approximate surface area is 117 Å². The van der Waals surface area contributed by atoms with Gasteiger partial charge in [-0.3, -0.25) is 0 Å². The van der Waals surface area contributed by atoms with Gasteiger partial charge >= 0.3 is 12.0 Å². The van der Waals surface area contributed by atoms with Gasteiger partial charge in [-0.05, 0) is 18.3 Å². The fraction of sp³-hybridized carbons (Fsp3) is 0.615. The minimum atomic E-state index is -1.05. The number of hydrogen-bond acceptors (Lipinski definition) is 3. The highest BCUT2D eigenvalue weighted by molar-refractivity contribution is 5.82. The van der Waals surface area contributed by atoms with E-state index in [1.807, 2.05) is 0 Å². The number of nitrogens with one attached hydrogen (secondary N) is 2. The zero-order valence-electron chi connectivity index (χ0n) is 11.7. The number of carbonyl (C=O) groups is 2. The molecule has 1 aromatic heterocycles. The maximum absolute atomic E-state index is 12.0. The molecule has 0 aliphatic heterocycles. The summed E-state index contributed by atoms with van der Waals surface area (Å²) in [5.41, 5.74) is 0.677. The lowest BCUT2D eigenvalue weighted by Crippen LogP contribution is -2.48. The first-order chi connectivity index (χ1) is 9.47. The molecule has 1 fully saturated rings. The molecule has 110 valence electrons. The quantitative estimate of drug-likeness (QED) is 0.714. The van der Waals surface area contributed by atoms with Crippen LogP contribution in [0.5, 0.6) is 0 Å². The number of amides is 2. The SMILES string of the molecule is CC1CC1CN(C)C(=O)NC(Cc1cnc[nH]1)C(=O)O. The molecule has 2 amide bonds. The highest BCUT2D eigenvalue weighted by atomic mass is 16.4. The Morgan fingerprint density at radius 2 is 2.35 bits per heavy atom. The van der Waals surface area contributed by atoms with Crippen LogP contribution in [0, 0.1) is 11.8 Å². The molecule has 1 heterocycles. The van der Waals surface area contributed by atoms with Gasteiger partial charge in [0, 0.05) is 31.9 Å². The summed E-state index contributed by atoms with van der Waals surface area (Å²) in [6.07, 6.45) is 4.36. The van der Waals surface area contributed by atoms with E-state index in [0.29, 0.717) is 24.1 Å². The summed E-state index contributed by atoms with van der Waals surface area (Å²) in [6, 6.07) is -1.31. The van der Waals surface area contributed by atoms with Gasteiger partial charge in [0.1, 0.15) is 6.04 Å². The Balaban J connectivity index is 1.86. The van der Waals surface area contributed by atoms with E-state index >= 15 is 0 Å². The van der Waals surface area contributed by atoms with Crippen LogP contribution in [0.3, 0.4) is 0 Å². The van der Waals surface area contributed by atoms with Gasteiger partial charge < -0.3 is 20.3 Å². The molecular formula is C13H20N4O3. The van der Waals surface area contributed by atoms with Crippen LogP contribution in [0.1, 0.15) is 19.0 Å². The number of carboxylic acid groups (broad SMARTS) is 1. The largest absolute Gasteiger partial charge is 0.480 e. The average Bonchev–Trinajstić information content (AvgIpc) is 2.89. The maximum atomic E-state index is 12.0. The Morgan fingerprint density at radius 3 is 2.85 bits per heavy atom. The van der Waals surface area contributed by atoms with Crippen molar-refractivity contribution in [2.75, 3.05) is 13.6 Å². The summed E-state index contributed by atoms with van der Waals surface area (Å²) in [5.74, 6) is 0.147. The second kappa shape index (κ2) is 5.94. The summed E-state index contributed by atoms with van der Waals surface area (Å²) in [4.78, 5) is 31.4. The fourth-order valence-electron chi connectivity index (χ4n) is 2.16. The van der Waals surface area contributed by atoms with Gasteiger partial charge in [-0.25, -0.2) is 14.6 Å². The first-order valence-electron chi connectivity index (χ1n) is 6.69. The minimum absolute atomic E-state index is 0.189. The van der Waals surface area contributed by atoms with Crippen LogP contribution in [0.4, 0.5) is 4.79 Å². The van der Waals surface area contributed by atoms with Crippen molar-refractivity contribution in [2.45, 2.75) is 25.8 Å². The molecule has 1 aromatic rings. The monoisotopic (exact) mass is 280 g/mol. The molecule has 7 heteroatoms. The second-order valence-corrected chi connectivity index (χ2v) is 5.47. The zero-order chi connectivity index (χ0) is 14.7. The molecule has 3 atom stereocenters. The molecule has 0 spiro atoms. The van der Waals surface area contributed by atoms with E-state index in [9.17, 15) is 14.7 Å². The van der Waals surface area contributed by atoms with E-state index in [4.69, 9.17) is 0 Å². The lowest BCUT2D eigenvalue weighted by Gasteiger charge is -2.21. The van der Waals surface area contributed by atoms with E-state index in [1.165, 1.54) is 6.33 Å². The van der Waals surface area contributed by atoms with Crippen LogP contribution in [-0.4, -0.2) is 51.6 Å². The third kappa shape index (κ3) is 3.72. The first kappa shape index (κ1) is 14.4. The Kier molecular flexibility index (Phi) is 4.26. The lowest BCUT2D eigenvalue weighted by atomic mass is 10.1. The number of imidazole rings is 1. The molecule has 0 saturated heterocycles. The summed E-state index contributed by atoms with van der Waals surface area (Å²) in [6.45, 7) is 2.82. The van der Waals surface area contributed by atoms with Crippen LogP contribution in [0.2, 0.25) is 0 Å². The number of nitrogens with zero attached hydrogens (tertiary/aromatic N) is 2. The van der Waals surface area contributed by atoms with Crippen LogP contribution >= 0.6 is 0 Å². The standard InChI is InChI=1S/C13H20N4O3/c1-8-3-9(8)6-17(2)13(20)16-11(12(18)19)4-10-5-14-7-15-10/h5,7-9,11H,3-4,6H2,1-2H3,(H,14,15)(H,16,20)(H,18,19). The summed E-state index contributed by atoms with van der Waals surface area (Å²) < 4.78 is 0. The molecule has 2 rings (SSSR count). The summed E-state index contributed by atoms with van der Waals surface area (Å²) in [7, 11) is 1.69. The molecule has 1 aliphatic rings. The number of hydrogen-bond donors (Lipinski definition) is 3. The van der Waals surface area contributed by atoms with Crippen molar-refractivity contribution in [3.63, 3.8) is 0 Å². The van der Waals surface area contributed by atoms with Crippen molar-refractivity contribution in [3.05, 3.63) is 18.2 Å². The third-order valence-corrected chi connectivity index (χ3v) is 3.71. The molecule has 0 aromatic carbocycles. The Hall–Kier alpha value is -2.05. The van der Waals surface area contributed by atoms with Crippen LogP contribution in [0.25, 0.3) is 0 Å². The number of aliphatic carboxylic acids is 1. The van der Waals surface area contributed by atoms with Gasteiger partial charge in [-0.15, -0.1) is 0 Å². The summed E-state index contributed by atoms with van der Waals surface area (Å²) >= 11 is 0. The van der Waals surface area contributed by atoms with Crippen molar-refractivity contribution in [1.82, 2.24) is 20.2 Å². The van der Waals surface area contributed by atoms with Crippen LogP contribution in [-0.2, 0) is 11.2 Å². The molecule has 1 aliphatic carbocycles. The van der Waals surface area contributed by atoms with Gasteiger partial charge in [-0.2, -0.15) is 0 Å². The fourth-order valence-corrected chi connectivity index (χ4v) is 2.16. The zero-order valence-corrected chi connectivity index (χ0v) is 11.7. The van der Waals surface area contributed by atoms with Gasteiger partial charge in [-0.1, -0.05) is 6.92 Å². The van der Waals surface area contributed by atoms with E-state index in [-0.39, 0.29) is 12.5 Å². The van der Waals surface area contributed by atoms with Gasteiger partial charge in [0.25, 0.3) is 0 Å². The smallest absolute Gasteiger partial charge is 0.326 e. The van der Waals surface area contributed by atoms with Crippen molar-refractivity contribution in [3.8, 4) is 0 Å². The second-order valence-electron chi connectivity index (χ2n) is 5.47. The maximum Gasteiger partial charge on any atom is 0.326 e. The molecular weight excluding hydrogens is 260 g/mol. The Morgan fingerprint density at radius 1 is 1.65 bits per heavy atom. The van der Waals surface area contributed by atoms with Crippen molar-refractivity contribution in [2.24, 2.45) is 11.8 Å².